The van der Waals surface area contributed by atoms with Crippen LogP contribution in [0, 0.1) is 13.8 Å². The van der Waals surface area contributed by atoms with Gasteiger partial charge >= 0.3 is 0 Å². The molecule has 5 aromatic rings. The summed E-state index contributed by atoms with van der Waals surface area (Å²) < 4.78 is 55.1. The smallest absolute Gasteiger partial charge is 0.180 e. The van der Waals surface area contributed by atoms with Gasteiger partial charge in [-0.2, -0.15) is 0 Å². The summed E-state index contributed by atoms with van der Waals surface area (Å²) in [5, 5.41) is 2.40. The Morgan fingerprint density at radius 1 is 0.696 bits per heavy atom. The first-order valence-electron chi connectivity index (χ1n) is 17.7. The molecule has 2 aliphatic heterocycles. The molecule has 1 aliphatic carbocycles. The second-order valence-electron chi connectivity index (χ2n) is 13.5. The van der Waals surface area contributed by atoms with Gasteiger partial charge in [0.1, 0.15) is 11.4 Å². The van der Waals surface area contributed by atoms with Gasteiger partial charge in [-0.3, -0.25) is 4.98 Å². The Balaban J connectivity index is 0.000000172. The monoisotopic (exact) mass is 953 g/mol. The van der Waals surface area contributed by atoms with E-state index in [0.717, 1.165) is 54.3 Å². The first-order valence-corrected chi connectivity index (χ1v) is 23.4. The van der Waals surface area contributed by atoms with E-state index in [1.54, 1.807) is 32.2 Å². The zero-order valence-corrected chi connectivity index (χ0v) is 37.3. The van der Waals surface area contributed by atoms with E-state index in [9.17, 15) is 16.8 Å². The number of fused-ring (bicyclic) bond motifs is 4. The molecule has 5 heterocycles. The molecule has 0 unspecified atom stereocenters. The van der Waals surface area contributed by atoms with E-state index in [2.05, 4.69) is 41.8 Å². The molecule has 3 aromatic heterocycles. The van der Waals surface area contributed by atoms with Crippen LogP contribution in [0.5, 0.6) is 0 Å². The molecule has 0 atom stereocenters. The Bertz CT molecular complexity index is 2970. The van der Waals surface area contributed by atoms with E-state index in [1.165, 1.54) is 0 Å². The molecule has 8 rings (SSSR count). The van der Waals surface area contributed by atoms with E-state index >= 15 is 0 Å². The van der Waals surface area contributed by atoms with Crippen LogP contribution in [0.1, 0.15) is 48.8 Å². The first-order chi connectivity index (χ1) is 26.5. The van der Waals surface area contributed by atoms with E-state index in [-0.39, 0.29) is 21.3 Å². The average molecular weight is 957 g/mol. The van der Waals surface area contributed by atoms with Gasteiger partial charge in [0.05, 0.1) is 65.2 Å². The van der Waals surface area contributed by atoms with Gasteiger partial charge in [0.2, 0.25) is 0 Å². The highest BCUT2D eigenvalue weighted by Gasteiger charge is 2.30. The fourth-order valence-electron chi connectivity index (χ4n) is 6.76. The van der Waals surface area contributed by atoms with Crippen LogP contribution in [-0.4, -0.2) is 52.8 Å². The number of allylic oxidation sites excluding steroid dienone is 1. The van der Waals surface area contributed by atoms with Crippen molar-refractivity contribution in [1.29, 1.82) is 0 Å². The maximum atomic E-state index is 12.9. The molecule has 0 radical (unpaired) electrons. The second-order valence-corrected chi connectivity index (χ2v) is 20.5. The quantitative estimate of drug-likeness (QED) is 0.155. The summed E-state index contributed by atoms with van der Waals surface area (Å²) in [6.45, 7) is 9.97. The SMILES string of the molecule is CCS(=O)(=O)c1cc2ccc(Br)cc2nc1C1=C(Cl)c2ncc(C)cc2C1.CCn1cc(C)cc2nc(-c3nc4cc(Br)ccc4cc3S(=O)(=O)CC)c(Cl)c1-2. The molecule has 0 spiro atoms. The second kappa shape index (κ2) is 15.6. The van der Waals surface area contributed by atoms with Crippen molar-refractivity contribution in [1.82, 2.24) is 24.5 Å². The summed E-state index contributed by atoms with van der Waals surface area (Å²) in [6, 6.07) is 18.5. The molecular formula is C41H35Br2Cl2N5O4S2. The van der Waals surface area contributed by atoms with Crippen molar-refractivity contribution in [2.75, 3.05) is 11.5 Å². The fraction of sp³-hybridized carbons (Fsp3) is 0.220. The number of pyridine rings is 4. The number of aryl methyl sites for hydroxylation is 3. The minimum Gasteiger partial charge on any atom is -0.345 e. The van der Waals surface area contributed by atoms with Crippen LogP contribution >= 0.6 is 55.1 Å². The van der Waals surface area contributed by atoms with Gasteiger partial charge < -0.3 is 4.57 Å². The fourth-order valence-corrected chi connectivity index (χ4v) is 10.3. The number of nitrogens with zero attached hydrogens (tertiary/aromatic N) is 5. The number of halogens is 4. The summed E-state index contributed by atoms with van der Waals surface area (Å²) in [7, 11) is -7.01. The molecule has 288 valence electrons. The minimum atomic E-state index is -3.54. The van der Waals surface area contributed by atoms with Crippen molar-refractivity contribution < 1.29 is 16.8 Å². The number of rotatable bonds is 7. The zero-order valence-electron chi connectivity index (χ0n) is 31.0. The topological polar surface area (TPSA) is 125 Å². The predicted molar refractivity (Wildman–Crippen MR) is 233 cm³/mol. The van der Waals surface area contributed by atoms with Crippen LogP contribution in [0.3, 0.4) is 0 Å². The Morgan fingerprint density at radius 2 is 1.27 bits per heavy atom. The van der Waals surface area contributed by atoms with Gasteiger partial charge in [0.15, 0.2) is 19.7 Å². The van der Waals surface area contributed by atoms with Crippen LogP contribution < -0.4 is 0 Å². The Kier molecular flexibility index (Phi) is 11.2. The predicted octanol–water partition coefficient (Wildman–Crippen LogP) is 10.9. The number of benzene rings is 2. The molecule has 0 bridgehead atoms. The van der Waals surface area contributed by atoms with Gasteiger partial charge in [0, 0.05) is 50.7 Å². The molecule has 9 nitrogen and oxygen atoms in total. The van der Waals surface area contributed by atoms with Crippen molar-refractivity contribution in [3.8, 4) is 22.8 Å². The third kappa shape index (κ3) is 7.54. The summed E-state index contributed by atoms with van der Waals surface area (Å²) in [4.78, 5) is 18.9. The van der Waals surface area contributed by atoms with Crippen LogP contribution in [0.25, 0.3) is 55.2 Å². The Labute approximate surface area is 352 Å². The highest BCUT2D eigenvalue weighted by atomic mass is 79.9. The maximum Gasteiger partial charge on any atom is 0.180 e. The van der Waals surface area contributed by atoms with Crippen LogP contribution in [0.4, 0.5) is 0 Å². The van der Waals surface area contributed by atoms with E-state index in [4.69, 9.17) is 33.2 Å². The third-order valence-electron chi connectivity index (χ3n) is 9.62. The minimum absolute atomic E-state index is 0.00107. The van der Waals surface area contributed by atoms with Crippen molar-refractivity contribution in [2.45, 2.75) is 57.4 Å². The molecule has 56 heavy (non-hydrogen) atoms. The molecule has 0 N–H and O–H groups in total. The molecule has 15 heteroatoms. The van der Waals surface area contributed by atoms with Gasteiger partial charge in [-0.1, -0.05) is 87.1 Å². The van der Waals surface area contributed by atoms with Crippen molar-refractivity contribution in [3.63, 3.8) is 0 Å². The molecule has 3 aliphatic rings. The van der Waals surface area contributed by atoms with Crippen molar-refractivity contribution in [3.05, 3.63) is 115 Å². The molecule has 0 saturated carbocycles. The lowest BCUT2D eigenvalue weighted by Crippen LogP contribution is -2.09. The van der Waals surface area contributed by atoms with Crippen LogP contribution in [0.2, 0.25) is 5.02 Å². The number of hydrogen-bond acceptors (Lipinski definition) is 8. The largest absolute Gasteiger partial charge is 0.345 e. The van der Waals surface area contributed by atoms with Crippen molar-refractivity contribution in [2.24, 2.45) is 0 Å². The number of sulfone groups is 2. The normalized spacial score (nSPS) is 13.1. The summed E-state index contributed by atoms with van der Waals surface area (Å²) in [6.07, 6.45) is 4.29. The lowest BCUT2D eigenvalue weighted by atomic mass is 10.1. The van der Waals surface area contributed by atoms with E-state index in [1.807, 2.05) is 80.1 Å². The molecular weight excluding hydrogens is 921 g/mol. The van der Waals surface area contributed by atoms with Crippen molar-refractivity contribution >= 4 is 107 Å². The molecule has 0 amide bonds. The van der Waals surface area contributed by atoms with E-state index in [0.29, 0.717) is 55.9 Å². The van der Waals surface area contributed by atoms with Crippen LogP contribution in [0.15, 0.2) is 91.8 Å². The zero-order chi connectivity index (χ0) is 40.3. The highest BCUT2D eigenvalue weighted by molar-refractivity contribution is 9.10. The molecule has 0 saturated heterocycles. The lowest BCUT2D eigenvalue weighted by Gasteiger charge is -2.12. The summed E-state index contributed by atoms with van der Waals surface area (Å²) in [5.41, 5.74) is 8.49. The molecule has 0 fully saturated rings. The highest BCUT2D eigenvalue weighted by Crippen LogP contribution is 2.43. The van der Waals surface area contributed by atoms with Crippen LogP contribution in [-0.2, 0) is 32.6 Å². The van der Waals surface area contributed by atoms with E-state index < -0.39 is 19.7 Å². The number of aromatic nitrogens is 5. The standard InChI is InChI=1S/C21H19BrClN3O2S.C20H16BrClN2O2S/c1-4-26-11-12(3)8-16-21(26)18(23)20(25-16)19-17(29(27,28)5-2)9-13-6-7-14(22)10-15(13)24-19;1-3-27(25,26)17-8-12-4-5-14(21)9-16(12)24-20(17)15-7-13-6-11(2)10-23-19(13)18(15)22/h6-11H,4-5H2,1-3H3;4-6,8-10H,3,7H2,1-2H3. The Morgan fingerprint density at radius 3 is 1.84 bits per heavy atom. The van der Waals surface area contributed by atoms with Gasteiger partial charge in [-0.05, 0) is 79.9 Å². The lowest BCUT2D eigenvalue weighted by molar-refractivity contribution is 0.595. The maximum absolute atomic E-state index is 12.9. The Hall–Kier alpha value is -3.72. The third-order valence-corrected chi connectivity index (χ3v) is 14.9. The van der Waals surface area contributed by atoms with Gasteiger partial charge in [-0.25, -0.2) is 31.8 Å². The van der Waals surface area contributed by atoms with Gasteiger partial charge in [0.25, 0.3) is 0 Å². The van der Waals surface area contributed by atoms with Gasteiger partial charge in [-0.15, -0.1) is 0 Å². The number of hydrogen-bond donors (Lipinski definition) is 0. The molecule has 2 aromatic carbocycles. The first kappa shape index (κ1) is 40.5. The average Bonchev–Trinajstić information content (AvgIpc) is 3.68. The summed E-state index contributed by atoms with van der Waals surface area (Å²) >= 11 is 20.3. The summed E-state index contributed by atoms with van der Waals surface area (Å²) in [5.74, 6) is -0.0332.